The Hall–Kier alpha value is -14.0. The van der Waals surface area contributed by atoms with Crippen LogP contribution in [-0.4, -0.2) is 15.8 Å². The van der Waals surface area contributed by atoms with Crippen molar-refractivity contribution in [1.82, 2.24) is 9.13 Å². The maximum absolute atomic E-state index is 2.74. The molecule has 17 aromatic carbocycles. The number of aromatic nitrogens is 2. The zero-order valence-corrected chi connectivity index (χ0v) is 63.5. The Morgan fingerprint density at radius 3 is 0.894 bits per heavy atom. The van der Waals surface area contributed by atoms with Crippen LogP contribution in [0.2, 0.25) is 0 Å². The number of benzene rings is 17. The molecular weight excluding hydrogens is 1360 g/mol. The third-order valence-electron chi connectivity index (χ3n) is 23.8. The summed E-state index contributed by atoms with van der Waals surface area (Å²) in [6.45, 7) is 9.20. The molecule has 2 aromatic heterocycles. The van der Waals surface area contributed by atoms with E-state index < -0.39 is 0 Å². The number of anilines is 6. The van der Waals surface area contributed by atoms with Crippen LogP contribution in [0.1, 0.15) is 50.7 Å². The predicted octanol–water partition coefficient (Wildman–Crippen LogP) is 27.5. The molecule has 2 aliphatic heterocycles. The molecule has 21 rings (SSSR count). The van der Waals surface area contributed by atoms with E-state index in [1.54, 1.807) is 0 Å². The lowest BCUT2D eigenvalue weighted by Crippen LogP contribution is -2.61. The summed E-state index contributed by atoms with van der Waals surface area (Å²) in [5.41, 5.74) is 38.3. The lowest BCUT2D eigenvalue weighted by atomic mass is 9.33. The van der Waals surface area contributed by atoms with Crippen molar-refractivity contribution in [1.29, 1.82) is 0 Å². The molecule has 113 heavy (non-hydrogen) atoms. The topological polar surface area (TPSA) is 16.3 Å². The second-order valence-corrected chi connectivity index (χ2v) is 31.1. The molecule has 534 valence electrons. The minimum Gasteiger partial charge on any atom is -0.310 e. The molecule has 0 radical (unpaired) electrons. The number of hydrogen-bond donors (Lipinski definition) is 0. The lowest BCUT2D eigenvalue weighted by Gasteiger charge is -2.46. The van der Waals surface area contributed by atoms with Crippen LogP contribution in [0.5, 0.6) is 0 Å². The molecule has 19 aromatic rings. The molecule has 5 heteroatoms. The van der Waals surface area contributed by atoms with Crippen molar-refractivity contribution in [3.8, 4) is 100 Å². The van der Waals surface area contributed by atoms with Gasteiger partial charge >= 0.3 is 0 Å². The van der Waals surface area contributed by atoms with Crippen LogP contribution < -0.4 is 26.2 Å². The van der Waals surface area contributed by atoms with Crippen LogP contribution in [0, 0.1) is 0 Å². The SMILES string of the molecule is CC(C)c1cc(-c2ccccc2)c(N2c3cc(-n4c5ccccc5c5ccccc54)ccc3B3c4ccc(-n5c6ccccc6c6ccccc65)cc4N(c4c(-c5ccccc5)cccc4-c4cccc(-c5cccc(-c6ccccc6)c5)c4)c4cc(C(C)C)cc2c43)c(-c2cccc(-c3cccc(-c4ccccc4)c3)c2)c1. The molecule has 0 bridgehead atoms. The maximum Gasteiger partial charge on any atom is 0.252 e. The summed E-state index contributed by atoms with van der Waals surface area (Å²) < 4.78 is 5.01. The first-order valence-corrected chi connectivity index (χ1v) is 39.7. The zero-order valence-electron chi connectivity index (χ0n) is 63.5. The highest BCUT2D eigenvalue weighted by Gasteiger charge is 2.46. The number of para-hydroxylation sites is 5. The number of nitrogens with zero attached hydrogens (tertiary/aromatic N) is 4. The first-order chi connectivity index (χ1) is 55.7. The summed E-state index contributed by atoms with van der Waals surface area (Å²) in [6.07, 6.45) is 0. The van der Waals surface area contributed by atoms with Crippen molar-refractivity contribution in [2.24, 2.45) is 0 Å². The van der Waals surface area contributed by atoms with Gasteiger partial charge in [0.25, 0.3) is 6.71 Å². The normalized spacial score (nSPS) is 12.4. The summed E-state index contributed by atoms with van der Waals surface area (Å²) in [6, 6.07) is 149. The second-order valence-electron chi connectivity index (χ2n) is 31.1. The molecular formula is C108H79BN4. The van der Waals surface area contributed by atoms with E-state index in [1.807, 2.05) is 0 Å². The largest absolute Gasteiger partial charge is 0.310 e. The number of rotatable bonds is 14. The van der Waals surface area contributed by atoms with Gasteiger partial charge in [-0.2, -0.15) is 0 Å². The monoisotopic (exact) mass is 1440 g/mol. The fraction of sp³-hybridized carbons (Fsp3) is 0.0556. The van der Waals surface area contributed by atoms with Crippen molar-refractivity contribution < 1.29 is 0 Å². The molecule has 0 atom stereocenters. The number of fused-ring (bicyclic) bond motifs is 10. The molecule has 2 aliphatic rings. The Balaban J connectivity index is 0.892. The van der Waals surface area contributed by atoms with Crippen molar-refractivity contribution >= 4 is 101 Å². The van der Waals surface area contributed by atoms with Gasteiger partial charge in [-0.3, -0.25) is 0 Å². The average molecular weight is 1440 g/mol. The van der Waals surface area contributed by atoms with Gasteiger partial charge < -0.3 is 18.9 Å². The van der Waals surface area contributed by atoms with Gasteiger partial charge in [0, 0.05) is 77.9 Å². The molecule has 0 spiro atoms. The molecule has 0 aliphatic carbocycles. The third-order valence-corrected chi connectivity index (χ3v) is 23.8. The molecule has 0 unspecified atom stereocenters. The Morgan fingerprint density at radius 1 is 0.212 bits per heavy atom. The minimum atomic E-state index is -0.260. The first kappa shape index (κ1) is 67.1. The van der Waals surface area contributed by atoms with Crippen molar-refractivity contribution in [3.63, 3.8) is 0 Å². The molecule has 0 amide bonds. The van der Waals surface area contributed by atoms with Crippen molar-refractivity contribution in [2.75, 3.05) is 9.80 Å². The fourth-order valence-electron chi connectivity index (χ4n) is 18.4. The van der Waals surface area contributed by atoms with E-state index in [0.29, 0.717) is 0 Å². The quantitative estimate of drug-likeness (QED) is 0.101. The highest BCUT2D eigenvalue weighted by atomic mass is 15.2. The van der Waals surface area contributed by atoms with E-state index in [9.17, 15) is 0 Å². The van der Waals surface area contributed by atoms with E-state index in [1.165, 1.54) is 71.3 Å². The molecule has 0 N–H and O–H groups in total. The Bertz CT molecular complexity index is 6840. The van der Waals surface area contributed by atoms with Gasteiger partial charge in [-0.05, 0) is 203 Å². The van der Waals surface area contributed by atoms with E-state index in [-0.39, 0.29) is 18.5 Å². The third kappa shape index (κ3) is 11.4. The van der Waals surface area contributed by atoms with Crippen LogP contribution in [-0.2, 0) is 0 Å². The maximum atomic E-state index is 2.74. The lowest BCUT2D eigenvalue weighted by molar-refractivity contribution is 0.865. The first-order valence-electron chi connectivity index (χ1n) is 39.7. The summed E-state index contributed by atoms with van der Waals surface area (Å²) in [7, 11) is 0. The Morgan fingerprint density at radius 2 is 0.496 bits per heavy atom. The van der Waals surface area contributed by atoms with Crippen LogP contribution in [0.3, 0.4) is 0 Å². The molecule has 4 heterocycles. The van der Waals surface area contributed by atoms with Crippen molar-refractivity contribution in [2.45, 2.75) is 39.5 Å². The summed E-state index contributed by atoms with van der Waals surface area (Å²) in [5, 5.41) is 4.89. The Labute approximate surface area is 660 Å². The molecule has 0 saturated carbocycles. The van der Waals surface area contributed by atoms with Gasteiger partial charge in [0.1, 0.15) is 0 Å². The number of hydrogen-bond acceptors (Lipinski definition) is 2. The van der Waals surface area contributed by atoms with Gasteiger partial charge in [0.15, 0.2) is 0 Å². The summed E-state index contributed by atoms with van der Waals surface area (Å²) >= 11 is 0. The van der Waals surface area contributed by atoms with E-state index >= 15 is 0 Å². The highest BCUT2D eigenvalue weighted by Crippen LogP contribution is 2.55. The van der Waals surface area contributed by atoms with E-state index in [4.69, 9.17) is 0 Å². The van der Waals surface area contributed by atoms with Crippen LogP contribution in [0.15, 0.2) is 394 Å². The molecule has 0 fully saturated rings. The second kappa shape index (κ2) is 27.5. The average Bonchev–Trinajstić information content (AvgIpc) is 0.768. The smallest absolute Gasteiger partial charge is 0.252 e. The standard InChI is InChI=1S/C108H79BN4/c1-70(2)84-64-94(75-36-15-8-16-37-75)108(95(65-84)83-45-28-43-81(63-83)79-41-26-39-77(61-79)73-32-11-6-12-33-73)113-103-69-87(111-100-54-23-19-48-92(100)93-49-20-24-55-101(93)111)57-59-97(103)109-96-58-56-86(110-98-52-21-17-46-90(98)91-47-18-22-53-99(91)110)68-102(96)112(104-66-85(71(3)4)67-105(113)106(104)109)107-88(74-34-13-7-14-35-74)50-29-51-89(107)82-44-27-42-80(62-82)78-40-25-38-76(60-78)72-30-9-5-10-31-72/h5-71H,1-4H3. The van der Waals surface area contributed by atoms with Crippen LogP contribution >= 0.6 is 0 Å². The highest BCUT2D eigenvalue weighted by molar-refractivity contribution is 7.00. The van der Waals surface area contributed by atoms with Crippen LogP contribution in [0.25, 0.3) is 144 Å². The minimum absolute atomic E-state index is 0.0984. The van der Waals surface area contributed by atoms with Crippen molar-refractivity contribution in [3.05, 3.63) is 405 Å². The van der Waals surface area contributed by atoms with Gasteiger partial charge in [0.05, 0.1) is 33.4 Å². The summed E-state index contributed by atoms with van der Waals surface area (Å²) in [4.78, 5) is 5.46. The van der Waals surface area contributed by atoms with E-state index in [0.717, 1.165) is 134 Å². The van der Waals surface area contributed by atoms with Crippen LogP contribution in [0.4, 0.5) is 34.1 Å². The van der Waals surface area contributed by atoms with Gasteiger partial charge in [-0.1, -0.05) is 325 Å². The summed E-state index contributed by atoms with van der Waals surface area (Å²) in [5.74, 6) is 0.297. The zero-order chi connectivity index (χ0) is 75.4. The predicted molar refractivity (Wildman–Crippen MR) is 481 cm³/mol. The van der Waals surface area contributed by atoms with Gasteiger partial charge in [-0.15, -0.1) is 0 Å². The van der Waals surface area contributed by atoms with E-state index in [2.05, 4.69) is 441 Å². The fourth-order valence-corrected chi connectivity index (χ4v) is 18.4. The molecule has 4 nitrogen and oxygen atoms in total. The molecule has 0 saturated heterocycles. The Kier molecular flexibility index (Phi) is 16.4. The van der Waals surface area contributed by atoms with Gasteiger partial charge in [0.2, 0.25) is 0 Å². The van der Waals surface area contributed by atoms with Gasteiger partial charge in [-0.25, -0.2) is 0 Å².